The molecule has 23 heavy (non-hydrogen) atoms. The molecule has 0 spiro atoms. The van der Waals surface area contributed by atoms with Crippen LogP contribution >= 0.6 is 12.4 Å². The molecule has 6 nitrogen and oxygen atoms in total. The van der Waals surface area contributed by atoms with Crippen LogP contribution in [0.1, 0.15) is 13.3 Å². The summed E-state index contributed by atoms with van der Waals surface area (Å²) in [5.74, 6) is -0.466. The zero-order valence-corrected chi connectivity index (χ0v) is 14.3. The van der Waals surface area contributed by atoms with E-state index in [1.54, 1.807) is 12.1 Å². The van der Waals surface area contributed by atoms with Gasteiger partial charge in [0.15, 0.2) is 0 Å². The smallest absolute Gasteiger partial charge is 0.243 e. The first kappa shape index (κ1) is 19.6. The fourth-order valence-corrected chi connectivity index (χ4v) is 2.84. The molecule has 0 saturated heterocycles. The molecule has 2 aromatic rings. The van der Waals surface area contributed by atoms with Crippen molar-refractivity contribution in [2.75, 3.05) is 19.6 Å². The third-order valence-electron chi connectivity index (χ3n) is 2.99. The summed E-state index contributed by atoms with van der Waals surface area (Å²) in [6, 6.07) is 6.04. The number of rotatable bonds is 8. The summed E-state index contributed by atoms with van der Waals surface area (Å²) in [6.45, 7) is 3.71. The SMILES string of the molecule is CCCNCCNS(=O)(=O)c1cnn(-c2ccccc2F)c1.Cl. The maximum absolute atomic E-state index is 13.7. The Morgan fingerprint density at radius 3 is 2.65 bits per heavy atom. The van der Waals surface area contributed by atoms with E-state index in [-0.39, 0.29) is 29.5 Å². The van der Waals surface area contributed by atoms with E-state index < -0.39 is 15.8 Å². The molecule has 1 aromatic carbocycles. The molecule has 0 saturated carbocycles. The third-order valence-corrected chi connectivity index (χ3v) is 4.40. The normalized spacial score (nSPS) is 11.2. The highest BCUT2D eigenvalue weighted by Crippen LogP contribution is 2.14. The number of hydrogen-bond acceptors (Lipinski definition) is 4. The molecule has 1 aromatic heterocycles. The number of para-hydroxylation sites is 1. The largest absolute Gasteiger partial charge is 0.315 e. The van der Waals surface area contributed by atoms with Crippen LogP contribution < -0.4 is 10.0 Å². The first-order chi connectivity index (χ1) is 10.5. The van der Waals surface area contributed by atoms with Crippen LogP contribution in [0.15, 0.2) is 41.6 Å². The predicted octanol–water partition coefficient (Wildman–Crippen LogP) is 1.71. The van der Waals surface area contributed by atoms with Gasteiger partial charge >= 0.3 is 0 Å². The number of aromatic nitrogens is 2. The van der Waals surface area contributed by atoms with E-state index in [4.69, 9.17) is 0 Å². The summed E-state index contributed by atoms with van der Waals surface area (Å²) in [5, 5.41) is 7.01. The number of halogens is 2. The van der Waals surface area contributed by atoms with Crippen LogP contribution in [0.4, 0.5) is 4.39 Å². The zero-order valence-electron chi connectivity index (χ0n) is 12.7. The van der Waals surface area contributed by atoms with Crippen molar-refractivity contribution in [1.29, 1.82) is 0 Å². The van der Waals surface area contributed by atoms with Crippen LogP contribution in [0.2, 0.25) is 0 Å². The van der Waals surface area contributed by atoms with Gasteiger partial charge in [-0.15, -0.1) is 12.4 Å². The zero-order chi connectivity index (χ0) is 16.0. The lowest BCUT2D eigenvalue weighted by Gasteiger charge is -2.05. The quantitative estimate of drug-likeness (QED) is 0.701. The monoisotopic (exact) mass is 362 g/mol. The van der Waals surface area contributed by atoms with Crippen molar-refractivity contribution in [3.8, 4) is 5.69 Å². The van der Waals surface area contributed by atoms with Crippen molar-refractivity contribution in [1.82, 2.24) is 19.8 Å². The van der Waals surface area contributed by atoms with Gasteiger partial charge in [0.2, 0.25) is 10.0 Å². The minimum absolute atomic E-state index is 0. The van der Waals surface area contributed by atoms with Gasteiger partial charge in [0.05, 0.1) is 12.4 Å². The van der Waals surface area contributed by atoms with Gasteiger partial charge < -0.3 is 5.32 Å². The van der Waals surface area contributed by atoms with Gasteiger partial charge in [-0.05, 0) is 25.1 Å². The minimum Gasteiger partial charge on any atom is -0.315 e. The molecule has 0 aliphatic rings. The minimum atomic E-state index is -3.64. The highest BCUT2D eigenvalue weighted by atomic mass is 35.5. The summed E-state index contributed by atoms with van der Waals surface area (Å²) < 4.78 is 41.6. The second-order valence-corrected chi connectivity index (χ2v) is 6.49. The standard InChI is InChI=1S/C14H19FN4O2S.ClH/c1-2-7-16-8-9-18-22(20,21)12-10-17-19(11-12)14-6-4-3-5-13(14)15;/h3-6,10-11,16,18H,2,7-9H2,1H3;1H. The lowest BCUT2D eigenvalue weighted by Crippen LogP contribution is -2.32. The van der Waals surface area contributed by atoms with Crippen LogP contribution in [0.25, 0.3) is 5.69 Å². The van der Waals surface area contributed by atoms with E-state index in [9.17, 15) is 12.8 Å². The van der Waals surface area contributed by atoms with Crippen molar-refractivity contribution in [2.24, 2.45) is 0 Å². The molecule has 9 heteroatoms. The topological polar surface area (TPSA) is 76.0 Å². The summed E-state index contributed by atoms with van der Waals surface area (Å²) in [6.07, 6.45) is 3.48. The maximum Gasteiger partial charge on any atom is 0.243 e. The molecule has 0 amide bonds. The van der Waals surface area contributed by atoms with Crippen molar-refractivity contribution in [3.05, 3.63) is 42.5 Å². The second kappa shape index (κ2) is 8.97. The van der Waals surface area contributed by atoms with Crippen molar-refractivity contribution in [3.63, 3.8) is 0 Å². The van der Waals surface area contributed by atoms with E-state index in [0.717, 1.165) is 13.0 Å². The van der Waals surface area contributed by atoms with Gasteiger partial charge in [-0.2, -0.15) is 5.10 Å². The Bertz CT molecular complexity index is 721. The van der Waals surface area contributed by atoms with Crippen LogP contribution in [0, 0.1) is 5.82 Å². The molecule has 0 aliphatic heterocycles. The van der Waals surface area contributed by atoms with Crippen molar-refractivity contribution >= 4 is 22.4 Å². The Morgan fingerprint density at radius 1 is 1.22 bits per heavy atom. The molecule has 1 heterocycles. The first-order valence-electron chi connectivity index (χ1n) is 7.04. The van der Waals surface area contributed by atoms with Gasteiger partial charge in [-0.3, -0.25) is 0 Å². The summed E-state index contributed by atoms with van der Waals surface area (Å²) >= 11 is 0. The predicted molar refractivity (Wildman–Crippen MR) is 89.1 cm³/mol. The van der Waals surface area contributed by atoms with Crippen molar-refractivity contribution in [2.45, 2.75) is 18.2 Å². The van der Waals surface area contributed by atoms with Gasteiger partial charge in [0.1, 0.15) is 16.4 Å². The summed E-state index contributed by atoms with van der Waals surface area (Å²) in [4.78, 5) is 0.00578. The Balaban J connectivity index is 0.00000264. The van der Waals surface area contributed by atoms with Crippen molar-refractivity contribution < 1.29 is 12.8 Å². The van der Waals surface area contributed by atoms with Gasteiger partial charge in [-0.25, -0.2) is 22.2 Å². The van der Waals surface area contributed by atoms with Gasteiger partial charge in [0.25, 0.3) is 0 Å². The van der Waals surface area contributed by atoms with E-state index in [2.05, 4.69) is 15.1 Å². The van der Waals surface area contributed by atoms with Crippen LogP contribution in [-0.2, 0) is 10.0 Å². The molecule has 128 valence electrons. The summed E-state index contributed by atoms with van der Waals surface area (Å²) in [5.41, 5.74) is 0.202. The van der Waals surface area contributed by atoms with E-state index in [1.165, 1.54) is 29.2 Å². The number of hydrogen-bond donors (Lipinski definition) is 2. The average molecular weight is 363 g/mol. The molecule has 0 radical (unpaired) electrons. The fourth-order valence-electron chi connectivity index (χ4n) is 1.87. The van der Waals surface area contributed by atoms with E-state index in [1.807, 2.05) is 6.92 Å². The summed E-state index contributed by atoms with van der Waals surface area (Å²) in [7, 11) is -3.64. The number of nitrogens with one attached hydrogen (secondary N) is 2. The Labute approximate surface area is 141 Å². The molecule has 0 atom stereocenters. The molecule has 0 unspecified atom stereocenters. The molecular formula is C14H20ClFN4O2S. The average Bonchev–Trinajstić information content (AvgIpc) is 2.98. The molecule has 2 rings (SSSR count). The molecular weight excluding hydrogens is 343 g/mol. The molecule has 2 N–H and O–H groups in total. The number of nitrogens with zero attached hydrogens (tertiary/aromatic N) is 2. The van der Waals surface area contributed by atoms with Crippen LogP contribution in [0.5, 0.6) is 0 Å². The maximum atomic E-state index is 13.7. The second-order valence-electron chi connectivity index (χ2n) is 4.72. The first-order valence-corrected chi connectivity index (χ1v) is 8.53. The molecule has 0 fully saturated rings. The molecule has 0 bridgehead atoms. The lowest BCUT2D eigenvalue weighted by atomic mass is 10.3. The lowest BCUT2D eigenvalue weighted by molar-refractivity contribution is 0.575. The van der Waals surface area contributed by atoms with Gasteiger partial charge in [0, 0.05) is 13.1 Å². The highest BCUT2D eigenvalue weighted by molar-refractivity contribution is 7.89. The highest BCUT2D eigenvalue weighted by Gasteiger charge is 2.17. The Kier molecular flexibility index (Phi) is 7.63. The van der Waals surface area contributed by atoms with E-state index >= 15 is 0 Å². The number of sulfonamides is 1. The fraction of sp³-hybridized carbons (Fsp3) is 0.357. The Hall–Kier alpha value is -1.48. The molecule has 0 aliphatic carbocycles. The van der Waals surface area contributed by atoms with Crippen LogP contribution in [0.3, 0.4) is 0 Å². The Morgan fingerprint density at radius 2 is 1.96 bits per heavy atom. The third kappa shape index (κ3) is 5.28. The van der Waals surface area contributed by atoms with E-state index in [0.29, 0.717) is 6.54 Å². The van der Waals surface area contributed by atoms with Gasteiger partial charge in [-0.1, -0.05) is 19.1 Å². The van der Waals surface area contributed by atoms with Crippen LogP contribution in [-0.4, -0.2) is 37.8 Å². The number of benzene rings is 1.